The molecule has 0 bridgehead atoms. The second-order valence-corrected chi connectivity index (χ2v) is 5.26. The molecule has 4 nitrogen and oxygen atoms in total. The van der Waals surface area contributed by atoms with Gasteiger partial charge in [0.25, 0.3) is 0 Å². The maximum Gasteiger partial charge on any atom is 0.118 e. The summed E-state index contributed by atoms with van der Waals surface area (Å²) in [6, 6.07) is 8.24. The van der Waals surface area contributed by atoms with Gasteiger partial charge in [0.2, 0.25) is 0 Å². The summed E-state index contributed by atoms with van der Waals surface area (Å²) in [5, 5.41) is 0. The fraction of sp³-hybridized carbons (Fsp3) is 0.400. The minimum atomic E-state index is 0.236. The van der Waals surface area contributed by atoms with Crippen LogP contribution in [0.1, 0.15) is 25.1 Å². The van der Waals surface area contributed by atoms with Crippen molar-refractivity contribution in [3.05, 3.63) is 36.3 Å². The second kappa shape index (κ2) is 4.70. The van der Waals surface area contributed by atoms with Crippen LogP contribution in [0.5, 0.6) is 5.75 Å². The van der Waals surface area contributed by atoms with E-state index in [4.69, 9.17) is 15.5 Å². The number of nitrogens with zero attached hydrogens (tertiary/aromatic N) is 2. The highest BCUT2D eigenvalue weighted by atomic mass is 16.5. The van der Waals surface area contributed by atoms with Crippen LogP contribution in [0.2, 0.25) is 0 Å². The largest absolute Gasteiger partial charge is 0.497 e. The molecule has 0 saturated heterocycles. The molecule has 0 saturated carbocycles. The van der Waals surface area contributed by atoms with E-state index in [0.29, 0.717) is 5.92 Å². The Morgan fingerprint density at radius 3 is 2.74 bits per heavy atom. The standard InChI is InChI=1S/C15H19N3O/c1-10-7-12(16)8-18-9-14(17-15(10)18)11-3-5-13(19-2)6-4-11/h3-6,9-10,12H,7-8,16H2,1-2H3. The average molecular weight is 257 g/mol. The lowest BCUT2D eigenvalue weighted by Crippen LogP contribution is -2.33. The van der Waals surface area contributed by atoms with Crippen LogP contribution in [0.3, 0.4) is 0 Å². The molecule has 1 aliphatic rings. The van der Waals surface area contributed by atoms with Gasteiger partial charge < -0.3 is 15.0 Å². The molecule has 2 N–H and O–H groups in total. The van der Waals surface area contributed by atoms with Crippen molar-refractivity contribution in [2.75, 3.05) is 7.11 Å². The molecular weight excluding hydrogens is 238 g/mol. The Balaban J connectivity index is 1.95. The number of ether oxygens (including phenoxy) is 1. The Bertz CT molecular complexity index is 574. The third-order valence-corrected chi connectivity index (χ3v) is 3.72. The summed E-state index contributed by atoms with van der Waals surface area (Å²) in [7, 11) is 1.67. The van der Waals surface area contributed by atoms with E-state index in [9.17, 15) is 0 Å². The number of hydrogen-bond donors (Lipinski definition) is 1. The van der Waals surface area contributed by atoms with Crippen molar-refractivity contribution in [2.24, 2.45) is 5.73 Å². The number of aromatic nitrogens is 2. The summed E-state index contributed by atoms with van der Waals surface area (Å²) in [6.45, 7) is 3.05. The maximum absolute atomic E-state index is 6.06. The monoisotopic (exact) mass is 257 g/mol. The molecule has 0 aliphatic carbocycles. The lowest BCUT2D eigenvalue weighted by Gasteiger charge is -2.25. The number of imidazole rings is 1. The first kappa shape index (κ1) is 12.2. The van der Waals surface area contributed by atoms with Gasteiger partial charge in [0.15, 0.2) is 0 Å². The number of methoxy groups -OCH3 is 1. The van der Waals surface area contributed by atoms with Crippen LogP contribution in [-0.4, -0.2) is 22.7 Å². The Morgan fingerprint density at radius 1 is 1.32 bits per heavy atom. The molecule has 2 atom stereocenters. The maximum atomic E-state index is 6.06. The van der Waals surface area contributed by atoms with E-state index in [2.05, 4.69) is 17.7 Å². The zero-order valence-corrected chi connectivity index (χ0v) is 11.3. The van der Waals surface area contributed by atoms with Crippen LogP contribution in [0.25, 0.3) is 11.3 Å². The van der Waals surface area contributed by atoms with Crippen molar-refractivity contribution >= 4 is 0 Å². The van der Waals surface area contributed by atoms with Crippen LogP contribution < -0.4 is 10.5 Å². The van der Waals surface area contributed by atoms with Gasteiger partial charge >= 0.3 is 0 Å². The number of fused-ring (bicyclic) bond motifs is 1. The Morgan fingerprint density at radius 2 is 2.05 bits per heavy atom. The zero-order chi connectivity index (χ0) is 13.4. The van der Waals surface area contributed by atoms with Gasteiger partial charge in [-0.3, -0.25) is 0 Å². The summed E-state index contributed by atoms with van der Waals surface area (Å²) in [4.78, 5) is 4.76. The first-order valence-electron chi connectivity index (χ1n) is 6.64. The minimum absolute atomic E-state index is 0.236. The van der Waals surface area contributed by atoms with Crippen LogP contribution in [0.4, 0.5) is 0 Å². The molecule has 0 fully saturated rings. The Labute approximate surface area is 113 Å². The normalized spacial score (nSPS) is 22.1. The molecule has 2 aromatic rings. The molecule has 0 amide bonds. The smallest absolute Gasteiger partial charge is 0.118 e. The minimum Gasteiger partial charge on any atom is -0.497 e. The fourth-order valence-electron chi connectivity index (χ4n) is 2.76. The highest BCUT2D eigenvalue weighted by molar-refractivity contribution is 5.60. The van der Waals surface area contributed by atoms with E-state index in [-0.39, 0.29) is 6.04 Å². The highest BCUT2D eigenvalue weighted by Crippen LogP contribution is 2.29. The van der Waals surface area contributed by atoms with Crippen LogP contribution in [-0.2, 0) is 6.54 Å². The Kier molecular flexibility index (Phi) is 3.03. The van der Waals surface area contributed by atoms with Gasteiger partial charge in [-0.05, 0) is 30.7 Å². The molecule has 1 aromatic carbocycles. The number of benzene rings is 1. The van der Waals surface area contributed by atoms with Gasteiger partial charge in [0.1, 0.15) is 11.6 Å². The van der Waals surface area contributed by atoms with Gasteiger partial charge in [-0.25, -0.2) is 4.98 Å². The number of rotatable bonds is 2. The summed E-state index contributed by atoms with van der Waals surface area (Å²) in [5.41, 5.74) is 8.19. The molecule has 100 valence electrons. The number of hydrogen-bond acceptors (Lipinski definition) is 3. The molecule has 0 radical (unpaired) electrons. The average Bonchev–Trinajstić information content (AvgIpc) is 2.83. The van der Waals surface area contributed by atoms with Crippen molar-refractivity contribution in [2.45, 2.75) is 31.8 Å². The van der Waals surface area contributed by atoms with Gasteiger partial charge in [-0.1, -0.05) is 6.92 Å². The van der Waals surface area contributed by atoms with Gasteiger partial charge in [0.05, 0.1) is 12.8 Å². The molecule has 2 heterocycles. The predicted octanol–water partition coefficient (Wildman–Crippen LogP) is 2.39. The van der Waals surface area contributed by atoms with Crippen molar-refractivity contribution in [1.29, 1.82) is 0 Å². The SMILES string of the molecule is COc1ccc(-c2cn3c(n2)C(C)CC(N)C3)cc1. The molecule has 0 spiro atoms. The molecule has 1 aromatic heterocycles. The van der Waals surface area contributed by atoms with E-state index in [1.165, 1.54) is 0 Å². The van der Waals surface area contributed by atoms with Crippen molar-refractivity contribution < 1.29 is 4.74 Å². The first-order chi connectivity index (χ1) is 9.17. The van der Waals surface area contributed by atoms with Crippen molar-refractivity contribution in [3.63, 3.8) is 0 Å². The molecule has 3 rings (SSSR count). The topological polar surface area (TPSA) is 53.1 Å². The lowest BCUT2D eigenvalue weighted by molar-refractivity contribution is 0.407. The molecular formula is C15H19N3O. The first-order valence-corrected chi connectivity index (χ1v) is 6.64. The van der Waals surface area contributed by atoms with Crippen LogP contribution in [0.15, 0.2) is 30.5 Å². The summed E-state index contributed by atoms with van der Waals surface area (Å²) in [6.07, 6.45) is 3.12. The van der Waals surface area contributed by atoms with E-state index in [1.807, 2.05) is 24.3 Å². The van der Waals surface area contributed by atoms with Crippen molar-refractivity contribution in [3.8, 4) is 17.0 Å². The van der Waals surface area contributed by atoms with E-state index < -0.39 is 0 Å². The van der Waals surface area contributed by atoms with Gasteiger partial charge in [-0.2, -0.15) is 0 Å². The quantitative estimate of drug-likeness (QED) is 0.898. The van der Waals surface area contributed by atoms with E-state index >= 15 is 0 Å². The summed E-state index contributed by atoms with van der Waals surface area (Å²) in [5.74, 6) is 2.44. The lowest BCUT2D eigenvalue weighted by atomic mass is 9.98. The summed E-state index contributed by atoms with van der Waals surface area (Å²) >= 11 is 0. The van der Waals surface area contributed by atoms with Gasteiger partial charge in [-0.15, -0.1) is 0 Å². The van der Waals surface area contributed by atoms with Crippen molar-refractivity contribution in [1.82, 2.24) is 9.55 Å². The third kappa shape index (κ3) is 2.24. The van der Waals surface area contributed by atoms with Gasteiger partial charge in [0, 0.05) is 30.3 Å². The third-order valence-electron chi connectivity index (χ3n) is 3.72. The summed E-state index contributed by atoms with van der Waals surface area (Å²) < 4.78 is 7.37. The number of nitrogens with two attached hydrogens (primary N) is 1. The van der Waals surface area contributed by atoms with E-state index in [1.54, 1.807) is 7.11 Å². The van der Waals surface area contributed by atoms with Crippen LogP contribution in [0, 0.1) is 0 Å². The zero-order valence-electron chi connectivity index (χ0n) is 11.3. The molecule has 4 heteroatoms. The molecule has 19 heavy (non-hydrogen) atoms. The highest BCUT2D eigenvalue weighted by Gasteiger charge is 2.24. The fourth-order valence-corrected chi connectivity index (χ4v) is 2.76. The molecule has 2 unspecified atom stereocenters. The molecule has 1 aliphatic heterocycles. The predicted molar refractivity (Wildman–Crippen MR) is 75.2 cm³/mol. The van der Waals surface area contributed by atoms with E-state index in [0.717, 1.165) is 35.8 Å². The van der Waals surface area contributed by atoms with Crippen LogP contribution >= 0.6 is 0 Å². The Hall–Kier alpha value is -1.81. The second-order valence-electron chi connectivity index (χ2n) is 5.26.